The summed E-state index contributed by atoms with van der Waals surface area (Å²) in [7, 11) is 0. The molecule has 1 saturated heterocycles. The van der Waals surface area contributed by atoms with E-state index in [1.54, 1.807) is 0 Å². The van der Waals surface area contributed by atoms with Gasteiger partial charge in [0.15, 0.2) is 0 Å². The molecule has 1 saturated carbocycles. The lowest BCUT2D eigenvalue weighted by molar-refractivity contribution is -0.138. The molecule has 1 aliphatic carbocycles. The molecule has 14 heavy (non-hydrogen) atoms. The second kappa shape index (κ2) is 3.87. The van der Waals surface area contributed by atoms with Crippen molar-refractivity contribution >= 4 is 5.97 Å². The molecule has 0 radical (unpaired) electrons. The maximum Gasteiger partial charge on any atom is 0.304 e. The van der Waals surface area contributed by atoms with Crippen LogP contribution in [-0.2, 0) is 4.79 Å². The van der Waals surface area contributed by atoms with Crippen molar-refractivity contribution in [1.82, 2.24) is 10.2 Å². The van der Waals surface area contributed by atoms with Crippen molar-refractivity contribution in [2.45, 2.75) is 44.3 Å². The van der Waals surface area contributed by atoms with Crippen LogP contribution in [0.5, 0.6) is 0 Å². The van der Waals surface area contributed by atoms with Crippen LogP contribution in [0.25, 0.3) is 0 Å². The normalized spacial score (nSPS) is 34.4. The smallest absolute Gasteiger partial charge is 0.304 e. The van der Waals surface area contributed by atoms with Gasteiger partial charge in [-0.15, -0.1) is 0 Å². The Hall–Kier alpha value is -0.610. The second-order valence-corrected chi connectivity index (χ2v) is 4.49. The molecule has 4 heteroatoms. The van der Waals surface area contributed by atoms with Crippen LogP contribution in [-0.4, -0.2) is 47.2 Å². The molecule has 0 aromatic heterocycles. The van der Waals surface area contributed by atoms with E-state index >= 15 is 0 Å². The van der Waals surface area contributed by atoms with E-state index in [-0.39, 0.29) is 12.5 Å². The minimum Gasteiger partial charge on any atom is -0.481 e. The summed E-state index contributed by atoms with van der Waals surface area (Å²) in [6, 6.07) is 1.38. The Labute approximate surface area is 84.3 Å². The van der Waals surface area contributed by atoms with Crippen LogP contribution in [0.1, 0.15) is 26.2 Å². The number of piperazine rings is 1. The molecule has 1 aliphatic heterocycles. The summed E-state index contributed by atoms with van der Waals surface area (Å²) in [4.78, 5) is 13.1. The van der Waals surface area contributed by atoms with Crippen LogP contribution in [0.3, 0.4) is 0 Å². The molecule has 0 amide bonds. The average Bonchev–Trinajstić information content (AvgIpc) is 2.90. The highest BCUT2D eigenvalue weighted by Crippen LogP contribution is 2.30. The van der Waals surface area contributed by atoms with E-state index < -0.39 is 5.97 Å². The van der Waals surface area contributed by atoms with Crippen LogP contribution < -0.4 is 5.32 Å². The predicted octanol–water partition coefficient (Wildman–Crippen LogP) is 0.286. The highest BCUT2D eigenvalue weighted by atomic mass is 16.4. The van der Waals surface area contributed by atoms with Gasteiger partial charge >= 0.3 is 5.97 Å². The van der Waals surface area contributed by atoms with E-state index in [2.05, 4.69) is 17.1 Å². The van der Waals surface area contributed by atoms with Gasteiger partial charge in [-0.3, -0.25) is 9.69 Å². The first kappa shape index (κ1) is 9.93. The Morgan fingerprint density at radius 2 is 2.29 bits per heavy atom. The number of hydrogen-bond acceptors (Lipinski definition) is 3. The van der Waals surface area contributed by atoms with Gasteiger partial charge in [-0.2, -0.15) is 0 Å². The van der Waals surface area contributed by atoms with E-state index in [9.17, 15) is 4.79 Å². The standard InChI is InChI=1S/C10H18N2O2/c1-7-6-12(8-2-3-8)9(5-11-7)4-10(13)14/h7-9,11H,2-6H2,1H3,(H,13,14). The van der Waals surface area contributed by atoms with Crippen LogP contribution in [0.4, 0.5) is 0 Å². The highest BCUT2D eigenvalue weighted by molar-refractivity contribution is 5.67. The summed E-state index contributed by atoms with van der Waals surface area (Å²) < 4.78 is 0. The number of hydrogen-bond donors (Lipinski definition) is 2. The maximum atomic E-state index is 10.7. The molecule has 2 N–H and O–H groups in total. The molecule has 0 bridgehead atoms. The SMILES string of the molecule is CC1CN(C2CC2)C(CC(=O)O)CN1. The van der Waals surface area contributed by atoms with Gasteiger partial charge in [-0.25, -0.2) is 0 Å². The first-order valence-corrected chi connectivity index (χ1v) is 5.37. The van der Waals surface area contributed by atoms with Crippen molar-refractivity contribution in [2.24, 2.45) is 0 Å². The number of carboxylic acids is 1. The molecule has 2 aliphatic rings. The third-order valence-electron chi connectivity index (χ3n) is 3.08. The average molecular weight is 198 g/mol. The Bertz CT molecular complexity index is 228. The highest BCUT2D eigenvalue weighted by Gasteiger charge is 2.37. The van der Waals surface area contributed by atoms with Crippen molar-refractivity contribution in [3.05, 3.63) is 0 Å². The predicted molar refractivity (Wildman–Crippen MR) is 53.2 cm³/mol. The van der Waals surface area contributed by atoms with Crippen molar-refractivity contribution in [2.75, 3.05) is 13.1 Å². The van der Waals surface area contributed by atoms with E-state index in [1.165, 1.54) is 12.8 Å². The van der Waals surface area contributed by atoms with Gasteiger partial charge in [0.2, 0.25) is 0 Å². The summed E-state index contributed by atoms with van der Waals surface area (Å²) in [6.45, 7) is 3.99. The second-order valence-electron chi connectivity index (χ2n) is 4.49. The first-order valence-electron chi connectivity index (χ1n) is 5.37. The van der Waals surface area contributed by atoms with Crippen molar-refractivity contribution in [3.63, 3.8) is 0 Å². The zero-order valence-electron chi connectivity index (χ0n) is 8.57. The molecular formula is C10H18N2O2. The van der Waals surface area contributed by atoms with E-state index in [0.29, 0.717) is 12.1 Å². The first-order chi connectivity index (χ1) is 6.66. The van der Waals surface area contributed by atoms with Crippen LogP contribution >= 0.6 is 0 Å². The summed E-state index contributed by atoms with van der Waals surface area (Å²) in [6.07, 6.45) is 2.78. The fourth-order valence-electron chi connectivity index (χ4n) is 2.23. The van der Waals surface area contributed by atoms with Gasteiger partial charge in [-0.05, 0) is 19.8 Å². The number of carbonyl (C=O) groups is 1. The van der Waals surface area contributed by atoms with E-state index in [4.69, 9.17) is 5.11 Å². The van der Waals surface area contributed by atoms with Gasteiger partial charge in [-0.1, -0.05) is 0 Å². The number of rotatable bonds is 3. The quantitative estimate of drug-likeness (QED) is 0.684. The monoisotopic (exact) mass is 198 g/mol. The third kappa shape index (κ3) is 2.25. The topological polar surface area (TPSA) is 52.6 Å². The van der Waals surface area contributed by atoms with Gasteiger partial charge in [0.05, 0.1) is 6.42 Å². The summed E-state index contributed by atoms with van der Waals surface area (Å²) in [5.74, 6) is -0.683. The Balaban J connectivity index is 1.94. The molecule has 1 heterocycles. The molecule has 0 aromatic rings. The van der Waals surface area contributed by atoms with Crippen LogP contribution in [0, 0.1) is 0 Å². The van der Waals surface area contributed by atoms with Crippen molar-refractivity contribution < 1.29 is 9.90 Å². The number of nitrogens with zero attached hydrogens (tertiary/aromatic N) is 1. The molecule has 2 unspecified atom stereocenters. The van der Waals surface area contributed by atoms with Gasteiger partial charge in [0.1, 0.15) is 0 Å². The number of carboxylic acid groups (broad SMARTS) is 1. The summed E-state index contributed by atoms with van der Waals surface area (Å²) >= 11 is 0. The lowest BCUT2D eigenvalue weighted by atomic mass is 10.1. The largest absolute Gasteiger partial charge is 0.481 e. The van der Waals surface area contributed by atoms with Crippen LogP contribution in [0.15, 0.2) is 0 Å². The molecular weight excluding hydrogens is 180 g/mol. The molecule has 4 nitrogen and oxygen atoms in total. The Morgan fingerprint density at radius 3 is 2.86 bits per heavy atom. The lowest BCUT2D eigenvalue weighted by Gasteiger charge is -2.38. The van der Waals surface area contributed by atoms with Crippen LogP contribution in [0.2, 0.25) is 0 Å². The summed E-state index contributed by atoms with van der Waals surface area (Å²) in [5.41, 5.74) is 0. The van der Waals surface area contributed by atoms with E-state index in [0.717, 1.165) is 13.1 Å². The molecule has 80 valence electrons. The lowest BCUT2D eigenvalue weighted by Crippen LogP contribution is -2.56. The van der Waals surface area contributed by atoms with Crippen molar-refractivity contribution in [3.8, 4) is 0 Å². The molecule has 0 spiro atoms. The fourth-order valence-corrected chi connectivity index (χ4v) is 2.23. The number of nitrogens with one attached hydrogen (secondary N) is 1. The number of aliphatic carboxylic acids is 1. The maximum absolute atomic E-state index is 10.7. The Morgan fingerprint density at radius 1 is 1.57 bits per heavy atom. The Kier molecular flexibility index (Phi) is 2.74. The minimum atomic E-state index is -0.683. The van der Waals surface area contributed by atoms with Gasteiger partial charge in [0, 0.05) is 31.2 Å². The van der Waals surface area contributed by atoms with Crippen molar-refractivity contribution in [1.29, 1.82) is 0 Å². The van der Waals surface area contributed by atoms with Gasteiger partial charge in [0.25, 0.3) is 0 Å². The summed E-state index contributed by atoms with van der Waals surface area (Å²) in [5, 5.41) is 12.1. The molecule has 2 rings (SSSR count). The molecule has 2 fully saturated rings. The van der Waals surface area contributed by atoms with Gasteiger partial charge < -0.3 is 10.4 Å². The minimum absolute atomic E-state index is 0.205. The fraction of sp³-hybridized carbons (Fsp3) is 0.900. The van der Waals surface area contributed by atoms with E-state index in [1.807, 2.05) is 0 Å². The zero-order chi connectivity index (χ0) is 10.1. The third-order valence-corrected chi connectivity index (χ3v) is 3.08. The molecule has 2 atom stereocenters. The zero-order valence-corrected chi connectivity index (χ0v) is 8.57. The molecule has 0 aromatic carbocycles.